The maximum Gasteiger partial charge on any atom is 0.158 e. The fourth-order valence-electron chi connectivity index (χ4n) is 7.08. The molecule has 2 fully saturated rings. The van der Waals surface area contributed by atoms with Crippen molar-refractivity contribution in [3.8, 4) is 11.3 Å². The second kappa shape index (κ2) is 8.23. The van der Waals surface area contributed by atoms with E-state index < -0.39 is 0 Å². The van der Waals surface area contributed by atoms with Crippen molar-refractivity contribution in [1.29, 1.82) is 0 Å². The number of aromatic nitrogens is 7. The van der Waals surface area contributed by atoms with E-state index in [1.165, 1.54) is 56.6 Å². The molecule has 5 aromatic heterocycles. The summed E-state index contributed by atoms with van der Waals surface area (Å²) in [6.45, 7) is 13.4. The molecule has 1 aliphatic carbocycles. The van der Waals surface area contributed by atoms with Crippen LogP contribution in [-0.4, -0.2) is 52.1 Å². The number of piperidine rings is 1. The molecule has 1 saturated heterocycles. The zero-order chi connectivity index (χ0) is 25.6. The first kappa shape index (κ1) is 23.1. The Morgan fingerprint density at radius 1 is 1.11 bits per heavy atom. The number of hydrogen-bond acceptors (Lipinski definition) is 6. The lowest BCUT2D eigenvalue weighted by Gasteiger charge is -2.30. The first-order valence-electron chi connectivity index (χ1n) is 13.3. The van der Waals surface area contributed by atoms with Crippen molar-refractivity contribution in [3.63, 3.8) is 0 Å². The van der Waals surface area contributed by atoms with Gasteiger partial charge in [0.1, 0.15) is 11.2 Å². The van der Waals surface area contributed by atoms with E-state index >= 15 is 0 Å². The molecule has 2 bridgehead atoms. The summed E-state index contributed by atoms with van der Waals surface area (Å²) in [5.74, 6) is 1.80. The summed E-state index contributed by atoms with van der Waals surface area (Å²) in [5.41, 5.74) is 9.86. The summed E-state index contributed by atoms with van der Waals surface area (Å²) < 4.78 is 3.72. The van der Waals surface area contributed by atoms with E-state index in [1.54, 1.807) is 15.9 Å². The fraction of sp³-hybridized carbons (Fsp3) is 0.500. The Morgan fingerprint density at radius 2 is 1.95 bits per heavy atom. The summed E-state index contributed by atoms with van der Waals surface area (Å²) in [5, 5.41) is 14.3. The molecular weight excluding hydrogens is 480 g/mol. The molecule has 0 radical (unpaired) electrons. The minimum atomic E-state index is 0.415. The first-order valence-corrected chi connectivity index (χ1v) is 14.2. The number of likely N-dealkylation sites (tertiary alicyclic amines) is 1. The van der Waals surface area contributed by atoms with Gasteiger partial charge in [0.25, 0.3) is 0 Å². The zero-order valence-corrected chi connectivity index (χ0v) is 23.2. The standard InChI is InChI=1S/C28H34N8S/c1-14(2)23-24-17(5)26(21-8-20-7-18(21)9-35(20)11-19-10-34(6)33-32-19)37-28(24)31-25(23)22-12-36-27(29-13-30-36)16(4)15(22)3/h10,12-14,18,20-21,31H,7-9,11H2,1-6H3/t18-,20?,21+/m0/s1. The van der Waals surface area contributed by atoms with Gasteiger partial charge in [-0.1, -0.05) is 19.1 Å². The van der Waals surface area contributed by atoms with Crippen molar-refractivity contribution in [2.45, 2.75) is 71.9 Å². The minimum absolute atomic E-state index is 0.415. The van der Waals surface area contributed by atoms with Gasteiger partial charge in [0.15, 0.2) is 5.65 Å². The van der Waals surface area contributed by atoms with Crippen LogP contribution in [-0.2, 0) is 13.6 Å². The smallest absolute Gasteiger partial charge is 0.158 e. The van der Waals surface area contributed by atoms with Crippen LogP contribution in [0.4, 0.5) is 0 Å². The van der Waals surface area contributed by atoms with Crippen LogP contribution in [0.15, 0.2) is 18.7 Å². The van der Waals surface area contributed by atoms with Gasteiger partial charge in [-0.3, -0.25) is 9.58 Å². The lowest BCUT2D eigenvalue weighted by atomic mass is 9.88. The topological polar surface area (TPSA) is 79.9 Å². The van der Waals surface area contributed by atoms with E-state index in [9.17, 15) is 0 Å². The Labute approximate surface area is 220 Å². The van der Waals surface area contributed by atoms with E-state index in [0.717, 1.165) is 30.3 Å². The average molecular weight is 515 g/mol. The largest absolute Gasteiger partial charge is 0.346 e. The molecule has 5 aromatic rings. The van der Waals surface area contributed by atoms with Crippen molar-refractivity contribution in [3.05, 3.63) is 51.5 Å². The van der Waals surface area contributed by atoms with E-state index in [2.05, 4.69) is 71.1 Å². The molecule has 0 amide bonds. The van der Waals surface area contributed by atoms with Gasteiger partial charge < -0.3 is 4.98 Å². The van der Waals surface area contributed by atoms with E-state index in [-0.39, 0.29) is 0 Å². The van der Waals surface area contributed by atoms with Gasteiger partial charge in [0, 0.05) is 54.4 Å². The third kappa shape index (κ3) is 3.43. The van der Waals surface area contributed by atoms with Crippen molar-refractivity contribution in [2.75, 3.05) is 6.54 Å². The van der Waals surface area contributed by atoms with E-state index in [4.69, 9.17) is 0 Å². The second-order valence-electron chi connectivity index (χ2n) is 11.5. The number of pyridine rings is 1. The predicted octanol–water partition coefficient (Wildman–Crippen LogP) is 5.49. The molecule has 37 heavy (non-hydrogen) atoms. The summed E-state index contributed by atoms with van der Waals surface area (Å²) in [6.07, 6.45) is 8.38. The first-order chi connectivity index (χ1) is 17.8. The Kier molecular flexibility index (Phi) is 5.14. The SMILES string of the molecule is Cc1c(-c2[nH]c3sc([C@@H]4CC5C[C@H]4CN5Cc4cn(C)nn4)c(C)c3c2C(C)C)cn2ncnc2c1C. The van der Waals surface area contributed by atoms with E-state index in [1.807, 2.05) is 29.1 Å². The molecule has 1 saturated carbocycles. The van der Waals surface area contributed by atoms with Crippen LogP contribution < -0.4 is 0 Å². The summed E-state index contributed by atoms with van der Waals surface area (Å²) in [7, 11) is 1.94. The summed E-state index contributed by atoms with van der Waals surface area (Å²) >= 11 is 2.00. The molecule has 1 aliphatic heterocycles. The van der Waals surface area contributed by atoms with Crippen LogP contribution in [0.1, 0.15) is 71.3 Å². The summed E-state index contributed by atoms with van der Waals surface area (Å²) in [4.78, 5) is 13.9. The van der Waals surface area contributed by atoms with Gasteiger partial charge in [-0.25, -0.2) is 9.50 Å². The normalized spacial score (nSPS) is 22.0. The summed E-state index contributed by atoms with van der Waals surface area (Å²) in [6, 6.07) is 0.650. The predicted molar refractivity (Wildman–Crippen MR) is 147 cm³/mol. The molecule has 2 aliphatic rings. The van der Waals surface area contributed by atoms with Gasteiger partial charge in [-0.15, -0.1) is 16.4 Å². The molecule has 8 nitrogen and oxygen atoms in total. The number of rotatable bonds is 5. The number of aromatic amines is 1. The quantitative estimate of drug-likeness (QED) is 0.335. The number of aryl methyl sites for hydroxylation is 3. The molecule has 1 unspecified atom stereocenters. The number of nitrogens with zero attached hydrogens (tertiary/aromatic N) is 7. The Balaban J connectivity index is 1.24. The Bertz CT molecular complexity index is 1650. The monoisotopic (exact) mass is 514 g/mol. The van der Waals surface area contributed by atoms with Gasteiger partial charge in [-0.05, 0) is 73.6 Å². The third-order valence-electron chi connectivity index (χ3n) is 8.94. The Morgan fingerprint density at radius 3 is 2.65 bits per heavy atom. The van der Waals surface area contributed by atoms with Crippen molar-refractivity contribution >= 4 is 27.2 Å². The highest BCUT2D eigenvalue weighted by Crippen LogP contribution is 2.53. The van der Waals surface area contributed by atoms with Crippen LogP contribution in [0.5, 0.6) is 0 Å². The molecule has 7 rings (SSSR count). The average Bonchev–Trinajstić information content (AvgIpc) is 3.68. The van der Waals surface area contributed by atoms with Crippen LogP contribution >= 0.6 is 11.3 Å². The highest BCUT2D eigenvalue weighted by Gasteiger charge is 2.46. The fourth-order valence-corrected chi connectivity index (χ4v) is 8.52. The molecule has 0 aromatic carbocycles. The van der Waals surface area contributed by atoms with Crippen LogP contribution in [0.3, 0.4) is 0 Å². The van der Waals surface area contributed by atoms with Crippen molar-refractivity contribution in [1.82, 2.24) is 39.5 Å². The van der Waals surface area contributed by atoms with Crippen LogP contribution in [0.25, 0.3) is 27.1 Å². The van der Waals surface area contributed by atoms with Crippen LogP contribution in [0.2, 0.25) is 0 Å². The molecule has 3 atom stereocenters. The molecule has 1 N–H and O–H groups in total. The third-order valence-corrected chi connectivity index (χ3v) is 10.3. The number of thiophene rings is 1. The maximum absolute atomic E-state index is 4.45. The Hall–Kier alpha value is -3.04. The van der Waals surface area contributed by atoms with Gasteiger partial charge in [0.2, 0.25) is 0 Å². The maximum atomic E-state index is 4.45. The molecular formula is C28H34N8S. The molecule has 192 valence electrons. The van der Waals surface area contributed by atoms with E-state index in [0.29, 0.717) is 17.9 Å². The minimum Gasteiger partial charge on any atom is -0.346 e. The highest BCUT2D eigenvalue weighted by molar-refractivity contribution is 7.19. The van der Waals surface area contributed by atoms with Gasteiger partial charge >= 0.3 is 0 Å². The number of fused-ring (bicyclic) bond motifs is 4. The van der Waals surface area contributed by atoms with Gasteiger partial charge in [0.05, 0.1) is 11.4 Å². The lowest BCUT2D eigenvalue weighted by Crippen LogP contribution is -2.34. The number of H-pyrrole nitrogens is 1. The zero-order valence-electron chi connectivity index (χ0n) is 22.4. The van der Waals surface area contributed by atoms with Crippen molar-refractivity contribution < 1.29 is 0 Å². The number of nitrogens with one attached hydrogen (secondary N) is 1. The molecule has 0 spiro atoms. The highest BCUT2D eigenvalue weighted by atomic mass is 32.1. The lowest BCUT2D eigenvalue weighted by molar-refractivity contribution is 0.190. The van der Waals surface area contributed by atoms with Crippen molar-refractivity contribution in [2.24, 2.45) is 13.0 Å². The number of hydrogen-bond donors (Lipinski definition) is 1. The van der Waals surface area contributed by atoms with Gasteiger partial charge in [-0.2, -0.15) is 5.10 Å². The molecule has 6 heterocycles. The second-order valence-corrected chi connectivity index (χ2v) is 12.5. The van der Waals surface area contributed by atoms with Crippen LogP contribution in [0, 0.1) is 26.7 Å². The molecule has 9 heteroatoms.